The second-order valence-electron chi connectivity index (χ2n) is 4.13. The van der Waals surface area contributed by atoms with E-state index in [0.717, 1.165) is 18.4 Å². The molecule has 3 heteroatoms. The van der Waals surface area contributed by atoms with Crippen molar-refractivity contribution in [2.45, 2.75) is 38.5 Å². The summed E-state index contributed by atoms with van der Waals surface area (Å²) in [6.07, 6.45) is 2.14. The normalized spacial score (nSPS) is 22.8. The first kappa shape index (κ1) is 11.1. The fourth-order valence-corrected chi connectivity index (χ4v) is 1.79. The fourth-order valence-electron chi connectivity index (χ4n) is 1.79. The third-order valence-electron chi connectivity index (χ3n) is 2.76. The van der Waals surface area contributed by atoms with Crippen LogP contribution >= 0.6 is 0 Å². The Kier molecular flexibility index (Phi) is 3.57. The molecule has 16 heavy (non-hydrogen) atoms. The van der Waals surface area contributed by atoms with Gasteiger partial charge in [-0.2, -0.15) is 0 Å². The highest BCUT2D eigenvalue weighted by molar-refractivity contribution is 5.80. The van der Waals surface area contributed by atoms with Gasteiger partial charge in [0.15, 0.2) is 0 Å². The van der Waals surface area contributed by atoms with Crippen LogP contribution < -0.4 is 5.32 Å². The minimum atomic E-state index is -0.123. The number of carbonyl (C=O) groups is 1. The van der Waals surface area contributed by atoms with Crippen molar-refractivity contribution in [3.8, 4) is 0 Å². The number of esters is 1. The quantitative estimate of drug-likeness (QED) is 0.607. The van der Waals surface area contributed by atoms with Gasteiger partial charge in [0, 0.05) is 6.04 Å². The van der Waals surface area contributed by atoms with E-state index in [1.165, 1.54) is 0 Å². The summed E-state index contributed by atoms with van der Waals surface area (Å²) < 4.78 is 5.23. The predicted molar refractivity (Wildman–Crippen MR) is 61.9 cm³/mol. The zero-order valence-electron chi connectivity index (χ0n) is 9.48. The van der Waals surface area contributed by atoms with Gasteiger partial charge in [0.2, 0.25) is 0 Å². The maximum atomic E-state index is 11.6. The van der Waals surface area contributed by atoms with Gasteiger partial charge in [-0.1, -0.05) is 43.7 Å². The van der Waals surface area contributed by atoms with Crippen LogP contribution in [0, 0.1) is 0 Å². The first-order chi connectivity index (χ1) is 7.81. The molecular weight excluding hydrogens is 202 g/mol. The van der Waals surface area contributed by atoms with Gasteiger partial charge < -0.3 is 4.74 Å². The predicted octanol–water partition coefficient (Wildman–Crippen LogP) is 1.87. The SMILES string of the molecule is CCC[C@H]1N[C@@H]1C(=O)OCc1ccccc1. The third-order valence-corrected chi connectivity index (χ3v) is 2.76. The average molecular weight is 219 g/mol. The molecule has 1 aliphatic rings. The van der Waals surface area contributed by atoms with Crippen LogP contribution in [0.1, 0.15) is 25.3 Å². The van der Waals surface area contributed by atoms with E-state index in [2.05, 4.69) is 12.2 Å². The van der Waals surface area contributed by atoms with Crippen molar-refractivity contribution in [2.75, 3.05) is 0 Å². The molecule has 0 saturated carbocycles. The lowest BCUT2D eigenvalue weighted by atomic mass is 10.2. The second-order valence-corrected chi connectivity index (χ2v) is 4.13. The first-order valence-corrected chi connectivity index (χ1v) is 5.78. The second kappa shape index (κ2) is 5.12. The van der Waals surface area contributed by atoms with Crippen LogP contribution in [0.15, 0.2) is 30.3 Å². The van der Waals surface area contributed by atoms with Crippen LogP contribution in [0.25, 0.3) is 0 Å². The zero-order chi connectivity index (χ0) is 11.4. The molecule has 0 spiro atoms. The molecule has 0 unspecified atom stereocenters. The van der Waals surface area contributed by atoms with E-state index in [0.29, 0.717) is 12.6 Å². The Morgan fingerprint density at radius 2 is 2.12 bits per heavy atom. The summed E-state index contributed by atoms with van der Waals surface area (Å²) >= 11 is 0. The molecule has 2 atom stereocenters. The smallest absolute Gasteiger partial charge is 0.325 e. The molecule has 1 aliphatic heterocycles. The Labute approximate surface area is 95.8 Å². The lowest BCUT2D eigenvalue weighted by Crippen LogP contribution is -2.15. The number of ether oxygens (including phenoxy) is 1. The highest BCUT2D eigenvalue weighted by atomic mass is 16.5. The molecule has 1 aromatic rings. The molecule has 1 saturated heterocycles. The molecule has 0 amide bonds. The van der Waals surface area contributed by atoms with Crippen molar-refractivity contribution in [1.29, 1.82) is 0 Å². The lowest BCUT2D eigenvalue weighted by Gasteiger charge is -2.03. The average Bonchev–Trinajstić information content (AvgIpc) is 3.07. The summed E-state index contributed by atoms with van der Waals surface area (Å²) in [5.41, 5.74) is 1.03. The van der Waals surface area contributed by atoms with E-state index >= 15 is 0 Å². The minimum absolute atomic E-state index is 0.0661. The van der Waals surface area contributed by atoms with Crippen LogP contribution in [-0.2, 0) is 16.1 Å². The summed E-state index contributed by atoms with van der Waals surface area (Å²) in [6, 6.07) is 10.0. The number of hydrogen-bond acceptors (Lipinski definition) is 3. The molecule has 86 valence electrons. The van der Waals surface area contributed by atoms with Gasteiger partial charge in [-0.15, -0.1) is 0 Å². The Morgan fingerprint density at radius 1 is 1.38 bits per heavy atom. The van der Waals surface area contributed by atoms with Crippen molar-refractivity contribution in [3.63, 3.8) is 0 Å². The van der Waals surface area contributed by atoms with E-state index in [-0.39, 0.29) is 12.0 Å². The molecule has 3 nitrogen and oxygen atoms in total. The van der Waals surface area contributed by atoms with E-state index in [1.54, 1.807) is 0 Å². The maximum absolute atomic E-state index is 11.6. The molecule has 2 rings (SSSR count). The number of carbonyl (C=O) groups excluding carboxylic acids is 1. The third kappa shape index (κ3) is 2.83. The van der Waals surface area contributed by atoms with E-state index in [9.17, 15) is 4.79 Å². The van der Waals surface area contributed by atoms with Crippen LogP contribution in [0.3, 0.4) is 0 Å². The summed E-state index contributed by atoms with van der Waals surface area (Å²) in [5.74, 6) is -0.123. The summed E-state index contributed by atoms with van der Waals surface area (Å²) in [7, 11) is 0. The maximum Gasteiger partial charge on any atom is 0.325 e. The van der Waals surface area contributed by atoms with Crippen LogP contribution in [0.5, 0.6) is 0 Å². The Balaban J connectivity index is 1.73. The van der Waals surface area contributed by atoms with Crippen molar-refractivity contribution in [3.05, 3.63) is 35.9 Å². The number of nitrogens with one attached hydrogen (secondary N) is 1. The van der Waals surface area contributed by atoms with E-state index in [4.69, 9.17) is 4.74 Å². The van der Waals surface area contributed by atoms with Gasteiger partial charge in [-0.05, 0) is 12.0 Å². The zero-order valence-corrected chi connectivity index (χ0v) is 9.48. The number of rotatable bonds is 5. The molecule has 0 radical (unpaired) electrons. The molecule has 1 aromatic carbocycles. The first-order valence-electron chi connectivity index (χ1n) is 5.78. The molecule has 0 aromatic heterocycles. The highest BCUT2D eigenvalue weighted by Gasteiger charge is 2.42. The van der Waals surface area contributed by atoms with Gasteiger partial charge >= 0.3 is 5.97 Å². The van der Waals surface area contributed by atoms with Crippen LogP contribution in [0.4, 0.5) is 0 Å². The summed E-state index contributed by atoms with van der Waals surface area (Å²) in [6.45, 7) is 2.49. The summed E-state index contributed by atoms with van der Waals surface area (Å²) in [4.78, 5) is 11.6. The van der Waals surface area contributed by atoms with Gasteiger partial charge in [0.05, 0.1) is 0 Å². The highest BCUT2D eigenvalue weighted by Crippen LogP contribution is 2.18. The van der Waals surface area contributed by atoms with E-state index < -0.39 is 0 Å². The number of benzene rings is 1. The van der Waals surface area contributed by atoms with Crippen molar-refractivity contribution >= 4 is 5.97 Å². The molecule has 1 N–H and O–H groups in total. The van der Waals surface area contributed by atoms with E-state index in [1.807, 2.05) is 30.3 Å². The van der Waals surface area contributed by atoms with Crippen LogP contribution in [-0.4, -0.2) is 18.1 Å². The van der Waals surface area contributed by atoms with Gasteiger partial charge in [-0.3, -0.25) is 10.1 Å². The Hall–Kier alpha value is -1.35. The molecule has 1 fully saturated rings. The molecule has 1 heterocycles. The minimum Gasteiger partial charge on any atom is -0.460 e. The molecule has 0 bridgehead atoms. The topological polar surface area (TPSA) is 48.2 Å². The fraction of sp³-hybridized carbons (Fsp3) is 0.462. The van der Waals surface area contributed by atoms with Gasteiger partial charge in [0.1, 0.15) is 12.6 Å². The number of hydrogen-bond donors (Lipinski definition) is 1. The standard InChI is InChI=1S/C13H17NO2/c1-2-6-11-12(14-11)13(15)16-9-10-7-4-3-5-8-10/h3-5,7-8,11-12,14H,2,6,9H2,1H3/t11-,12+/m1/s1. The largest absolute Gasteiger partial charge is 0.460 e. The van der Waals surface area contributed by atoms with Gasteiger partial charge in [0.25, 0.3) is 0 Å². The molecular formula is C13H17NO2. The Bertz CT molecular complexity index is 350. The van der Waals surface area contributed by atoms with Gasteiger partial charge in [-0.25, -0.2) is 0 Å². The lowest BCUT2D eigenvalue weighted by molar-refractivity contribution is -0.144. The summed E-state index contributed by atoms with van der Waals surface area (Å²) in [5, 5.41) is 3.13. The van der Waals surface area contributed by atoms with Crippen molar-refractivity contribution < 1.29 is 9.53 Å². The van der Waals surface area contributed by atoms with Crippen molar-refractivity contribution in [2.24, 2.45) is 0 Å². The monoisotopic (exact) mass is 219 g/mol. The van der Waals surface area contributed by atoms with Crippen LogP contribution in [0.2, 0.25) is 0 Å². The molecule has 0 aliphatic carbocycles. The Morgan fingerprint density at radius 3 is 2.81 bits per heavy atom. The van der Waals surface area contributed by atoms with Crippen molar-refractivity contribution in [1.82, 2.24) is 5.32 Å².